The third-order valence-corrected chi connectivity index (χ3v) is 5.00. The molecule has 0 unspecified atom stereocenters. The van der Waals surface area contributed by atoms with Crippen molar-refractivity contribution in [2.45, 2.75) is 19.3 Å². The molecule has 0 saturated carbocycles. The number of hydrogen-bond donors (Lipinski definition) is 1. The molecule has 0 atom stereocenters. The Hall–Kier alpha value is -3.14. The van der Waals surface area contributed by atoms with Crippen LogP contribution in [0.25, 0.3) is 10.8 Å². The quantitative estimate of drug-likeness (QED) is 0.551. The molecule has 1 aliphatic rings. The van der Waals surface area contributed by atoms with Crippen LogP contribution in [-0.2, 0) is 11.2 Å². The van der Waals surface area contributed by atoms with Crippen LogP contribution in [0.5, 0.6) is 0 Å². The second kappa shape index (κ2) is 8.04. The summed E-state index contributed by atoms with van der Waals surface area (Å²) in [4.78, 5) is 14.6. The maximum atomic E-state index is 12.2. The number of nitrogens with zero attached hydrogens (tertiary/aromatic N) is 2. The van der Waals surface area contributed by atoms with Crippen LogP contribution in [0, 0.1) is 0 Å². The largest absolute Gasteiger partial charge is 0.372 e. The van der Waals surface area contributed by atoms with Crippen LogP contribution in [0.1, 0.15) is 24.0 Å². The van der Waals surface area contributed by atoms with Crippen LogP contribution < -0.4 is 10.3 Å². The second-order valence-electron chi connectivity index (χ2n) is 6.89. The Morgan fingerprint density at radius 1 is 0.963 bits per heavy atom. The number of rotatable bonds is 5. The van der Waals surface area contributed by atoms with Crippen LogP contribution in [0.15, 0.2) is 71.8 Å². The lowest BCUT2D eigenvalue weighted by molar-refractivity contribution is -0.120. The Labute approximate surface area is 159 Å². The van der Waals surface area contributed by atoms with E-state index in [1.54, 1.807) is 6.21 Å². The summed E-state index contributed by atoms with van der Waals surface area (Å²) in [7, 11) is 0. The van der Waals surface area contributed by atoms with Gasteiger partial charge in [-0.25, -0.2) is 5.43 Å². The summed E-state index contributed by atoms with van der Waals surface area (Å²) in [5, 5.41) is 6.36. The molecular formula is C23H23N3O. The van der Waals surface area contributed by atoms with E-state index in [1.807, 2.05) is 42.5 Å². The molecule has 3 aromatic carbocycles. The topological polar surface area (TPSA) is 44.7 Å². The lowest BCUT2D eigenvalue weighted by Crippen LogP contribution is -2.20. The molecule has 0 radical (unpaired) electrons. The summed E-state index contributed by atoms with van der Waals surface area (Å²) in [6.45, 7) is 2.27. The first-order valence-corrected chi connectivity index (χ1v) is 9.43. The molecule has 4 rings (SSSR count). The van der Waals surface area contributed by atoms with Gasteiger partial charge in [0.25, 0.3) is 0 Å². The molecule has 4 nitrogen and oxygen atoms in total. The van der Waals surface area contributed by atoms with E-state index in [0.29, 0.717) is 6.42 Å². The van der Waals surface area contributed by atoms with Gasteiger partial charge in [0.1, 0.15) is 0 Å². The molecule has 136 valence electrons. The number of hydrazone groups is 1. The van der Waals surface area contributed by atoms with Gasteiger partial charge in [-0.1, -0.05) is 54.6 Å². The first kappa shape index (κ1) is 17.3. The first-order valence-electron chi connectivity index (χ1n) is 9.43. The number of carbonyl (C=O) groups excluding carboxylic acids is 1. The predicted octanol–water partition coefficient (Wildman–Crippen LogP) is 4.13. The zero-order chi connectivity index (χ0) is 18.5. The third-order valence-electron chi connectivity index (χ3n) is 5.00. The Morgan fingerprint density at radius 3 is 2.52 bits per heavy atom. The van der Waals surface area contributed by atoms with Crippen molar-refractivity contribution in [3.05, 3.63) is 77.9 Å². The maximum absolute atomic E-state index is 12.2. The van der Waals surface area contributed by atoms with Crippen molar-refractivity contribution in [2.75, 3.05) is 18.0 Å². The van der Waals surface area contributed by atoms with E-state index < -0.39 is 0 Å². The van der Waals surface area contributed by atoms with Gasteiger partial charge in [-0.15, -0.1) is 0 Å². The van der Waals surface area contributed by atoms with Gasteiger partial charge in [-0.05, 0) is 46.9 Å². The van der Waals surface area contributed by atoms with Crippen molar-refractivity contribution < 1.29 is 4.79 Å². The van der Waals surface area contributed by atoms with Crippen molar-refractivity contribution >= 4 is 28.6 Å². The fourth-order valence-corrected chi connectivity index (χ4v) is 3.58. The molecule has 1 heterocycles. The zero-order valence-corrected chi connectivity index (χ0v) is 15.3. The monoisotopic (exact) mass is 357 g/mol. The highest BCUT2D eigenvalue weighted by Crippen LogP contribution is 2.20. The Balaban J connectivity index is 1.36. The van der Waals surface area contributed by atoms with Crippen molar-refractivity contribution in [2.24, 2.45) is 5.10 Å². The minimum absolute atomic E-state index is 0.115. The minimum atomic E-state index is -0.115. The number of carbonyl (C=O) groups is 1. The standard InChI is InChI=1S/C23H23N3O/c27-23(16-20-8-5-7-19-6-1-2-9-22(19)20)25-24-17-18-10-12-21(13-11-18)26-14-3-4-15-26/h1-2,5-13,17H,3-4,14-16H2,(H,25,27)/b24-17+. The van der Waals surface area contributed by atoms with E-state index in [9.17, 15) is 4.79 Å². The zero-order valence-electron chi connectivity index (χ0n) is 15.3. The van der Waals surface area contributed by atoms with Crippen LogP contribution in [-0.4, -0.2) is 25.2 Å². The summed E-state index contributed by atoms with van der Waals surface area (Å²) in [6.07, 6.45) is 4.54. The minimum Gasteiger partial charge on any atom is -0.372 e. The molecule has 1 amide bonds. The summed E-state index contributed by atoms with van der Waals surface area (Å²) in [5.41, 5.74) is 5.87. The number of fused-ring (bicyclic) bond motifs is 1. The fourth-order valence-electron chi connectivity index (χ4n) is 3.58. The molecule has 1 N–H and O–H groups in total. The van der Waals surface area contributed by atoms with Crippen molar-refractivity contribution in [1.29, 1.82) is 0 Å². The van der Waals surface area contributed by atoms with Crippen molar-refractivity contribution in [3.8, 4) is 0 Å². The van der Waals surface area contributed by atoms with Gasteiger partial charge in [0.15, 0.2) is 0 Å². The number of anilines is 1. The number of amides is 1. The van der Waals surface area contributed by atoms with E-state index in [2.05, 4.69) is 39.7 Å². The average molecular weight is 357 g/mol. The SMILES string of the molecule is O=C(Cc1cccc2ccccc12)N/N=C/c1ccc(N2CCCC2)cc1. The fraction of sp³-hybridized carbons (Fsp3) is 0.217. The number of benzene rings is 3. The molecule has 0 aromatic heterocycles. The molecule has 0 spiro atoms. The van der Waals surface area contributed by atoms with Crippen molar-refractivity contribution in [1.82, 2.24) is 5.43 Å². The van der Waals surface area contributed by atoms with Gasteiger partial charge in [0.05, 0.1) is 12.6 Å². The molecule has 0 aliphatic carbocycles. The molecule has 1 fully saturated rings. The Kier molecular flexibility index (Phi) is 5.15. The highest BCUT2D eigenvalue weighted by atomic mass is 16.2. The molecular weight excluding hydrogens is 334 g/mol. The van der Waals surface area contributed by atoms with Gasteiger partial charge in [-0.2, -0.15) is 5.10 Å². The lowest BCUT2D eigenvalue weighted by Gasteiger charge is -2.17. The Bertz CT molecular complexity index is 952. The number of nitrogens with one attached hydrogen (secondary N) is 1. The summed E-state index contributed by atoms with van der Waals surface area (Å²) >= 11 is 0. The van der Waals surface area contributed by atoms with Gasteiger partial charge < -0.3 is 4.90 Å². The molecule has 1 aliphatic heterocycles. The van der Waals surface area contributed by atoms with E-state index in [0.717, 1.165) is 35.0 Å². The molecule has 0 bridgehead atoms. The predicted molar refractivity (Wildman–Crippen MR) is 111 cm³/mol. The maximum Gasteiger partial charge on any atom is 0.244 e. The van der Waals surface area contributed by atoms with Gasteiger partial charge >= 0.3 is 0 Å². The van der Waals surface area contributed by atoms with Crippen LogP contribution in [0.2, 0.25) is 0 Å². The average Bonchev–Trinajstić information content (AvgIpc) is 3.24. The first-order chi connectivity index (χ1) is 13.3. The van der Waals surface area contributed by atoms with E-state index in [1.165, 1.54) is 18.5 Å². The Morgan fingerprint density at radius 2 is 1.70 bits per heavy atom. The van der Waals surface area contributed by atoms with E-state index >= 15 is 0 Å². The highest BCUT2D eigenvalue weighted by molar-refractivity contribution is 5.90. The van der Waals surface area contributed by atoms with Crippen LogP contribution in [0.3, 0.4) is 0 Å². The normalized spacial score (nSPS) is 14.1. The molecule has 4 heteroatoms. The van der Waals surface area contributed by atoms with Gasteiger partial charge in [-0.3, -0.25) is 4.79 Å². The molecule has 3 aromatic rings. The summed E-state index contributed by atoms with van der Waals surface area (Å²) in [6, 6.07) is 22.4. The smallest absolute Gasteiger partial charge is 0.244 e. The van der Waals surface area contributed by atoms with E-state index in [4.69, 9.17) is 0 Å². The lowest BCUT2D eigenvalue weighted by atomic mass is 10.0. The second-order valence-corrected chi connectivity index (χ2v) is 6.89. The van der Waals surface area contributed by atoms with Crippen LogP contribution >= 0.6 is 0 Å². The summed E-state index contributed by atoms with van der Waals surface area (Å²) < 4.78 is 0. The summed E-state index contributed by atoms with van der Waals surface area (Å²) in [5.74, 6) is -0.115. The third kappa shape index (κ3) is 4.17. The van der Waals surface area contributed by atoms with E-state index in [-0.39, 0.29) is 5.91 Å². The highest BCUT2D eigenvalue weighted by Gasteiger charge is 2.11. The molecule has 1 saturated heterocycles. The van der Waals surface area contributed by atoms with Crippen LogP contribution in [0.4, 0.5) is 5.69 Å². The van der Waals surface area contributed by atoms with Crippen molar-refractivity contribution in [3.63, 3.8) is 0 Å². The number of hydrogen-bond acceptors (Lipinski definition) is 3. The van der Waals surface area contributed by atoms with Gasteiger partial charge in [0.2, 0.25) is 5.91 Å². The molecule has 27 heavy (non-hydrogen) atoms. The van der Waals surface area contributed by atoms with Gasteiger partial charge in [0, 0.05) is 18.8 Å².